The van der Waals surface area contributed by atoms with Crippen molar-refractivity contribution in [2.45, 2.75) is 52.6 Å². The standard InChI is InChI=1S/C13H27N3O3S/c1-5-20(18,19)15-10-6-8-16(9-7-10)12(17)11(14)13(2,3)4/h10-11,15H,5-9,14H2,1-4H3/t11-/m0/s1. The molecule has 1 amide bonds. The first-order valence-electron chi connectivity index (χ1n) is 7.11. The van der Waals surface area contributed by atoms with Crippen LogP contribution in [-0.2, 0) is 14.8 Å². The number of rotatable bonds is 4. The van der Waals surface area contributed by atoms with Crippen LogP contribution in [0.2, 0.25) is 0 Å². The van der Waals surface area contributed by atoms with E-state index in [1.807, 2.05) is 20.8 Å². The van der Waals surface area contributed by atoms with E-state index < -0.39 is 16.1 Å². The van der Waals surface area contributed by atoms with Gasteiger partial charge in [-0.15, -0.1) is 0 Å². The Kier molecular flexibility index (Phi) is 5.57. The average Bonchev–Trinajstić information content (AvgIpc) is 2.36. The summed E-state index contributed by atoms with van der Waals surface area (Å²) in [5, 5.41) is 0. The number of carbonyl (C=O) groups excluding carboxylic acids is 1. The molecule has 118 valence electrons. The van der Waals surface area contributed by atoms with Crippen LogP contribution in [0.3, 0.4) is 0 Å². The van der Waals surface area contributed by atoms with Crippen LogP contribution in [-0.4, -0.2) is 50.2 Å². The van der Waals surface area contributed by atoms with Gasteiger partial charge in [0.2, 0.25) is 15.9 Å². The van der Waals surface area contributed by atoms with E-state index in [4.69, 9.17) is 5.73 Å². The van der Waals surface area contributed by atoms with Gasteiger partial charge in [-0.2, -0.15) is 0 Å². The quantitative estimate of drug-likeness (QED) is 0.781. The molecule has 0 unspecified atom stereocenters. The maximum atomic E-state index is 12.3. The number of nitrogens with zero attached hydrogens (tertiary/aromatic N) is 1. The third kappa shape index (κ3) is 4.71. The maximum Gasteiger partial charge on any atom is 0.240 e. The van der Waals surface area contributed by atoms with Gasteiger partial charge in [0, 0.05) is 19.1 Å². The average molecular weight is 305 g/mol. The molecule has 1 aliphatic heterocycles. The van der Waals surface area contributed by atoms with Gasteiger partial charge in [0.1, 0.15) is 0 Å². The second-order valence-corrected chi connectivity index (χ2v) is 8.51. The molecule has 0 aromatic heterocycles. The Morgan fingerprint density at radius 2 is 1.85 bits per heavy atom. The highest BCUT2D eigenvalue weighted by Gasteiger charge is 2.33. The molecule has 0 bridgehead atoms. The van der Waals surface area contributed by atoms with Crippen LogP contribution < -0.4 is 10.5 Å². The fourth-order valence-electron chi connectivity index (χ4n) is 2.12. The van der Waals surface area contributed by atoms with Gasteiger partial charge < -0.3 is 10.6 Å². The minimum atomic E-state index is -3.17. The van der Waals surface area contributed by atoms with Crippen molar-refractivity contribution in [2.24, 2.45) is 11.1 Å². The third-order valence-electron chi connectivity index (χ3n) is 3.73. The lowest BCUT2D eigenvalue weighted by atomic mass is 9.86. The van der Waals surface area contributed by atoms with Crippen molar-refractivity contribution in [1.29, 1.82) is 0 Å². The lowest BCUT2D eigenvalue weighted by Gasteiger charge is -2.36. The molecule has 0 radical (unpaired) electrons. The summed E-state index contributed by atoms with van der Waals surface area (Å²) < 4.78 is 25.7. The Hall–Kier alpha value is -0.660. The molecular formula is C13H27N3O3S. The Morgan fingerprint density at radius 1 is 1.35 bits per heavy atom. The SMILES string of the molecule is CCS(=O)(=O)NC1CCN(C(=O)[C@H](N)C(C)(C)C)CC1. The Balaban J connectivity index is 2.53. The summed E-state index contributed by atoms with van der Waals surface area (Å²) in [4.78, 5) is 14.0. The molecule has 7 heteroatoms. The molecule has 0 aliphatic carbocycles. The number of sulfonamides is 1. The van der Waals surface area contributed by atoms with Crippen molar-refractivity contribution in [3.05, 3.63) is 0 Å². The predicted molar refractivity (Wildman–Crippen MR) is 79.6 cm³/mol. The highest BCUT2D eigenvalue weighted by atomic mass is 32.2. The Labute approximate surface area is 122 Å². The Morgan fingerprint density at radius 3 is 2.25 bits per heavy atom. The number of likely N-dealkylation sites (tertiary alicyclic amines) is 1. The van der Waals surface area contributed by atoms with Crippen LogP contribution in [0.1, 0.15) is 40.5 Å². The van der Waals surface area contributed by atoms with Crippen LogP contribution in [0.25, 0.3) is 0 Å². The van der Waals surface area contributed by atoms with Crippen LogP contribution in [0.15, 0.2) is 0 Å². The fraction of sp³-hybridized carbons (Fsp3) is 0.923. The monoisotopic (exact) mass is 305 g/mol. The zero-order valence-electron chi connectivity index (χ0n) is 12.8. The number of piperidine rings is 1. The van der Waals surface area contributed by atoms with E-state index in [1.54, 1.807) is 11.8 Å². The molecule has 1 saturated heterocycles. The van der Waals surface area contributed by atoms with Gasteiger partial charge in [-0.25, -0.2) is 13.1 Å². The lowest BCUT2D eigenvalue weighted by molar-refractivity contribution is -0.136. The second kappa shape index (κ2) is 6.41. The molecule has 6 nitrogen and oxygen atoms in total. The van der Waals surface area contributed by atoms with Gasteiger partial charge >= 0.3 is 0 Å². The smallest absolute Gasteiger partial charge is 0.240 e. The molecule has 0 spiro atoms. The number of amides is 1. The van der Waals surface area contributed by atoms with Crippen LogP contribution >= 0.6 is 0 Å². The van der Waals surface area contributed by atoms with E-state index in [2.05, 4.69) is 4.72 Å². The molecule has 0 saturated carbocycles. The van der Waals surface area contributed by atoms with Gasteiger partial charge in [-0.05, 0) is 25.2 Å². The molecule has 1 aliphatic rings. The number of hydrogen-bond acceptors (Lipinski definition) is 4. The van der Waals surface area contributed by atoms with E-state index in [0.29, 0.717) is 25.9 Å². The summed E-state index contributed by atoms with van der Waals surface area (Å²) in [6, 6.07) is -0.596. The molecule has 1 rings (SSSR count). The lowest BCUT2D eigenvalue weighted by Crippen LogP contribution is -2.54. The number of carbonyl (C=O) groups is 1. The van der Waals surface area contributed by atoms with Crippen LogP contribution in [0.4, 0.5) is 0 Å². The van der Waals surface area contributed by atoms with Gasteiger partial charge in [0.25, 0.3) is 0 Å². The molecule has 1 heterocycles. The van der Waals surface area contributed by atoms with E-state index in [-0.39, 0.29) is 23.1 Å². The van der Waals surface area contributed by atoms with Crippen molar-refractivity contribution >= 4 is 15.9 Å². The van der Waals surface area contributed by atoms with E-state index in [0.717, 1.165) is 0 Å². The first-order valence-corrected chi connectivity index (χ1v) is 8.76. The molecule has 0 aromatic rings. The van der Waals surface area contributed by atoms with Crippen molar-refractivity contribution in [3.8, 4) is 0 Å². The van der Waals surface area contributed by atoms with E-state index in [1.165, 1.54) is 0 Å². The zero-order valence-corrected chi connectivity index (χ0v) is 13.7. The van der Waals surface area contributed by atoms with Gasteiger partial charge in [0.05, 0.1) is 11.8 Å². The summed E-state index contributed by atoms with van der Waals surface area (Å²) >= 11 is 0. The summed E-state index contributed by atoms with van der Waals surface area (Å²) in [7, 11) is -3.17. The highest BCUT2D eigenvalue weighted by Crippen LogP contribution is 2.21. The van der Waals surface area contributed by atoms with Crippen LogP contribution in [0.5, 0.6) is 0 Å². The van der Waals surface area contributed by atoms with E-state index >= 15 is 0 Å². The van der Waals surface area contributed by atoms with Gasteiger partial charge in [-0.3, -0.25) is 4.79 Å². The number of nitrogens with one attached hydrogen (secondary N) is 1. The summed E-state index contributed by atoms with van der Waals surface area (Å²) in [6.07, 6.45) is 1.28. The summed E-state index contributed by atoms with van der Waals surface area (Å²) in [5.74, 6) is 0.0374. The topological polar surface area (TPSA) is 92.5 Å². The molecule has 0 aromatic carbocycles. The highest BCUT2D eigenvalue weighted by molar-refractivity contribution is 7.89. The predicted octanol–water partition coefficient (Wildman–Crippen LogP) is 0.290. The molecule has 3 N–H and O–H groups in total. The van der Waals surface area contributed by atoms with Crippen LogP contribution in [0, 0.1) is 5.41 Å². The molecule has 1 atom stereocenters. The largest absolute Gasteiger partial charge is 0.341 e. The maximum absolute atomic E-state index is 12.3. The summed E-state index contributed by atoms with van der Waals surface area (Å²) in [6.45, 7) is 8.55. The third-order valence-corrected chi connectivity index (χ3v) is 5.18. The number of nitrogens with two attached hydrogens (primary N) is 1. The molecule has 20 heavy (non-hydrogen) atoms. The first kappa shape index (κ1) is 17.4. The summed E-state index contributed by atoms with van der Waals surface area (Å²) in [5.41, 5.74) is 5.71. The van der Waals surface area contributed by atoms with Crippen molar-refractivity contribution in [1.82, 2.24) is 9.62 Å². The normalized spacial score (nSPS) is 19.9. The minimum absolute atomic E-state index is 0.0469. The van der Waals surface area contributed by atoms with Crippen molar-refractivity contribution in [3.63, 3.8) is 0 Å². The van der Waals surface area contributed by atoms with E-state index in [9.17, 15) is 13.2 Å². The minimum Gasteiger partial charge on any atom is -0.341 e. The second-order valence-electron chi connectivity index (χ2n) is 6.46. The van der Waals surface area contributed by atoms with Gasteiger partial charge in [0.15, 0.2) is 0 Å². The fourth-order valence-corrected chi connectivity index (χ4v) is 3.03. The zero-order chi connectivity index (χ0) is 15.6. The van der Waals surface area contributed by atoms with Crippen molar-refractivity contribution in [2.75, 3.05) is 18.8 Å². The number of hydrogen-bond donors (Lipinski definition) is 2. The molecule has 1 fully saturated rings. The Bertz CT molecular complexity index is 434. The van der Waals surface area contributed by atoms with Crippen molar-refractivity contribution < 1.29 is 13.2 Å². The van der Waals surface area contributed by atoms with Gasteiger partial charge in [-0.1, -0.05) is 20.8 Å². The molecular weight excluding hydrogens is 278 g/mol. The first-order chi connectivity index (χ1) is 9.07.